The Balaban J connectivity index is 2.77. The van der Waals surface area contributed by atoms with Gasteiger partial charge in [-0.25, -0.2) is 4.99 Å². The topological polar surface area (TPSA) is 56.7 Å². The fourth-order valence-electron chi connectivity index (χ4n) is 1.78. The molecule has 0 saturated heterocycles. The molecule has 1 aromatic rings. The van der Waals surface area contributed by atoms with Gasteiger partial charge >= 0.3 is 6.18 Å². The minimum Gasteiger partial charge on any atom is -0.356 e. The van der Waals surface area contributed by atoms with Crippen LogP contribution in [-0.4, -0.2) is 56.0 Å². The van der Waals surface area contributed by atoms with Crippen LogP contribution < -0.4 is 10.6 Å². The molecular weight excluding hydrogens is 353 g/mol. The summed E-state index contributed by atoms with van der Waals surface area (Å²) in [4.78, 5) is 17.4. The Kier molecular flexibility index (Phi) is 8.60. The van der Waals surface area contributed by atoms with Crippen molar-refractivity contribution < 1.29 is 18.0 Å². The number of aliphatic imine (C=N–C) groups is 1. The van der Waals surface area contributed by atoms with Gasteiger partial charge in [0.1, 0.15) is 0 Å². The standard InChI is InChI=1S/C16H23F3N4OS/c1-23(2)14(24)11-22-15(20-7-8-25-3)21-10-12-5-4-6-13(9-12)16(17,18)19/h4-6,9H,7-8,10-11H2,1-3H3,(H2,20,21,22). The van der Waals surface area contributed by atoms with Gasteiger partial charge in [-0.3, -0.25) is 4.79 Å². The molecule has 25 heavy (non-hydrogen) atoms. The van der Waals surface area contributed by atoms with E-state index in [0.29, 0.717) is 18.1 Å². The summed E-state index contributed by atoms with van der Waals surface area (Å²) in [6, 6.07) is 5.05. The summed E-state index contributed by atoms with van der Waals surface area (Å²) in [5.74, 6) is 1.10. The average molecular weight is 376 g/mol. The van der Waals surface area contributed by atoms with Crippen LogP contribution in [0, 0.1) is 0 Å². The maximum atomic E-state index is 12.8. The van der Waals surface area contributed by atoms with Gasteiger partial charge in [0.2, 0.25) is 5.91 Å². The normalized spacial score (nSPS) is 12.0. The minimum absolute atomic E-state index is 0.0562. The minimum atomic E-state index is -4.38. The van der Waals surface area contributed by atoms with Crippen molar-refractivity contribution in [1.82, 2.24) is 15.5 Å². The molecule has 0 atom stereocenters. The SMILES string of the molecule is CSCCNC(=NCc1cccc(C(F)(F)F)c1)NCC(=O)N(C)C. The molecule has 0 aliphatic carbocycles. The fraction of sp³-hybridized carbons (Fsp3) is 0.500. The number of benzene rings is 1. The fourth-order valence-corrected chi connectivity index (χ4v) is 2.09. The molecule has 0 aliphatic rings. The molecule has 140 valence electrons. The maximum absolute atomic E-state index is 12.8. The molecule has 0 unspecified atom stereocenters. The molecule has 0 fully saturated rings. The molecule has 0 aromatic heterocycles. The summed E-state index contributed by atoms with van der Waals surface area (Å²) in [6.07, 6.45) is -2.42. The van der Waals surface area contributed by atoms with Crippen molar-refractivity contribution in [3.05, 3.63) is 35.4 Å². The number of halogens is 3. The van der Waals surface area contributed by atoms with Crippen LogP contribution in [0.4, 0.5) is 13.2 Å². The lowest BCUT2D eigenvalue weighted by molar-refractivity contribution is -0.137. The summed E-state index contributed by atoms with van der Waals surface area (Å²) in [7, 11) is 3.29. The Hall–Kier alpha value is -1.90. The monoisotopic (exact) mass is 376 g/mol. The van der Waals surface area contributed by atoms with Crippen molar-refractivity contribution in [2.45, 2.75) is 12.7 Å². The molecule has 0 saturated carbocycles. The number of carbonyl (C=O) groups is 1. The first-order valence-electron chi connectivity index (χ1n) is 7.61. The molecule has 0 heterocycles. The Morgan fingerprint density at radius 1 is 1.28 bits per heavy atom. The largest absolute Gasteiger partial charge is 0.416 e. The number of alkyl halides is 3. The van der Waals surface area contributed by atoms with Gasteiger partial charge in [-0.15, -0.1) is 0 Å². The van der Waals surface area contributed by atoms with Gasteiger partial charge in [-0.2, -0.15) is 24.9 Å². The summed E-state index contributed by atoms with van der Waals surface area (Å²) in [5, 5.41) is 5.95. The lowest BCUT2D eigenvalue weighted by Crippen LogP contribution is -2.43. The Labute approximate surface area is 150 Å². The second-order valence-electron chi connectivity index (χ2n) is 5.42. The highest BCUT2D eigenvalue weighted by Crippen LogP contribution is 2.29. The highest BCUT2D eigenvalue weighted by Gasteiger charge is 2.30. The van der Waals surface area contributed by atoms with Gasteiger partial charge in [0.15, 0.2) is 5.96 Å². The van der Waals surface area contributed by atoms with Crippen LogP contribution in [0.15, 0.2) is 29.3 Å². The van der Waals surface area contributed by atoms with Gasteiger partial charge < -0.3 is 15.5 Å². The van der Waals surface area contributed by atoms with E-state index in [9.17, 15) is 18.0 Å². The number of hydrogen-bond donors (Lipinski definition) is 2. The van der Waals surface area contributed by atoms with Crippen LogP contribution in [0.25, 0.3) is 0 Å². The molecule has 0 spiro atoms. The van der Waals surface area contributed by atoms with E-state index in [0.717, 1.165) is 17.9 Å². The predicted molar refractivity (Wildman–Crippen MR) is 95.7 cm³/mol. The second kappa shape index (κ2) is 10.2. The van der Waals surface area contributed by atoms with Crippen molar-refractivity contribution >= 4 is 23.6 Å². The summed E-state index contributed by atoms with van der Waals surface area (Å²) in [5.41, 5.74) is -0.257. The predicted octanol–water partition coefficient (Wildman–Crippen LogP) is 2.19. The van der Waals surface area contributed by atoms with Crippen LogP contribution in [0.2, 0.25) is 0 Å². The van der Waals surface area contributed by atoms with Gasteiger partial charge in [0, 0.05) is 26.4 Å². The number of amides is 1. The van der Waals surface area contributed by atoms with Crippen LogP contribution >= 0.6 is 11.8 Å². The molecule has 0 radical (unpaired) electrons. The Morgan fingerprint density at radius 3 is 2.60 bits per heavy atom. The quantitative estimate of drug-likeness (QED) is 0.435. The van der Waals surface area contributed by atoms with Crippen molar-refractivity contribution in [2.75, 3.05) is 39.2 Å². The first kappa shape index (κ1) is 21.1. The lowest BCUT2D eigenvalue weighted by Gasteiger charge is -2.15. The number of thioether (sulfide) groups is 1. The van der Waals surface area contributed by atoms with Crippen LogP contribution in [0.3, 0.4) is 0 Å². The van der Waals surface area contributed by atoms with Crippen molar-refractivity contribution in [2.24, 2.45) is 4.99 Å². The number of carbonyl (C=O) groups excluding carboxylic acids is 1. The number of hydrogen-bond acceptors (Lipinski definition) is 3. The summed E-state index contributed by atoms with van der Waals surface area (Å²) in [6.45, 7) is 0.765. The van der Waals surface area contributed by atoms with Crippen molar-refractivity contribution in [3.8, 4) is 0 Å². The highest BCUT2D eigenvalue weighted by molar-refractivity contribution is 7.98. The molecule has 1 rings (SSSR count). The van der Waals surface area contributed by atoms with Gasteiger partial charge in [-0.1, -0.05) is 12.1 Å². The van der Waals surface area contributed by atoms with Gasteiger partial charge in [0.05, 0.1) is 18.7 Å². The maximum Gasteiger partial charge on any atom is 0.416 e. The highest BCUT2D eigenvalue weighted by atomic mass is 32.2. The first-order chi connectivity index (χ1) is 11.7. The van der Waals surface area contributed by atoms with E-state index in [1.165, 1.54) is 11.0 Å². The Bertz CT molecular complexity index is 591. The smallest absolute Gasteiger partial charge is 0.356 e. The molecule has 1 amide bonds. The zero-order valence-corrected chi connectivity index (χ0v) is 15.3. The van der Waals surface area contributed by atoms with Gasteiger partial charge in [0.25, 0.3) is 0 Å². The van der Waals surface area contributed by atoms with E-state index in [2.05, 4.69) is 15.6 Å². The lowest BCUT2D eigenvalue weighted by atomic mass is 10.1. The van der Waals surface area contributed by atoms with Crippen LogP contribution in [0.5, 0.6) is 0 Å². The second-order valence-corrected chi connectivity index (χ2v) is 6.41. The molecule has 1 aromatic carbocycles. The number of rotatable bonds is 7. The molecule has 5 nitrogen and oxygen atoms in total. The van der Waals surface area contributed by atoms with E-state index in [-0.39, 0.29) is 19.0 Å². The van der Waals surface area contributed by atoms with E-state index >= 15 is 0 Å². The Morgan fingerprint density at radius 2 is 2.00 bits per heavy atom. The van der Waals surface area contributed by atoms with E-state index in [4.69, 9.17) is 0 Å². The average Bonchev–Trinajstić information content (AvgIpc) is 2.56. The first-order valence-corrected chi connectivity index (χ1v) is 9.01. The molecule has 2 N–H and O–H groups in total. The molecule has 0 aliphatic heterocycles. The van der Waals surface area contributed by atoms with Gasteiger partial charge in [-0.05, 0) is 24.0 Å². The van der Waals surface area contributed by atoms with E-state index in [1.807, 2.05) is 6.26 Å². The van der Waals surface area contributed by atoms with Crippen LogP contribution in [-0.2, 0) is 17.5 Å². The van der Waals surface area contributed by atoms with E-state index < -0.39 is 11.7 Å². The summed E-state index contributed by atoms with van der Waals surface area (Å²) >= 11 is 1.65. The zero-order valence-electron chi connectivity index (χ0n) is 14.5. The zero-order chi connectivity index (χ0) is 18.9. The molecule has 0 bridgehead atoms. The molecule has 9 heteroatoms. The third-order valence-corrected chi connectivity index (χ3v) is 3.79. The van der Waals surface area contributed by atoms with Crippen molar-refractivity contribution in [3.63, 3.8) is 0 Å². The van der Waals surface area contributed by atoms with Crippen molar-refractivity contribution in [1.29, 1.82) is 0 Å². The number of nitrogens with zero attached hydrogens (tertiary/aromatic N) is 2. The number of nitrogens with one attached hydrogen (secondary N) is 2. The number of likely N-dealkylation sites (N-methyl/N-ethyl adjacent to an activating group) is 1. The molecular formula is C16H23F3N4OS. The number of guanidine groups is 1. The van der Waals surface area contributed by atoms with Crippen LogP contribution in [0.1, 0.15) is 11.1 Å². The third-order valence-electron chi connectivity index (χ3n) is 3.18. The van der Waals surface area contributed by atoms with E-state index in [1.54, 1.807) is 31.9 Å². The summed E-state index contributed by atoms with van der Waals surface area (Å²) < 4.78 is 38.3. The third kappa shape index (κ3) is 8.15.